The Balaban J connectivity index is 2.19. The second-order valence-electron chi connectivity index (χ2n) is 5.32. The van der Waals surface area contributed by atoms with Crippen LogP contribution >= 0.6 is 0 Å². The molecule has 0 aromatic rings. The molecule has 1 saturated heterocycles. The first-order valence-electron chi connectivity index (χ1n) is 6.75. The first-order chi connectivity index (χ1) is 9.28. The molecular formula is C12H22N2O5S. The molecule has 0 aromatic carbocycles. The number of carboxylic acids is 1. The number of nitrogens with one attached hydrogen (secondary N) is 2. The van der Waals surface area contributed by atoms with E-state index in [1.54, 1.807) is 0 Å². The number of aliphatic carboxylic acids is 1. The van der Waals surface area contributed by atoms with Gasteiger partial charge in [0.2, 0.25) is 0 Å². The molecule has 1 rings (SSSR count). The monoisotopic (exact) mass is 306 g/mol. The van der Waals surface area contributed by atoms with Crippen molar-refractivity contribution < 1.29 is 23.1 Å². The molecule has 1 heterocycles. The summed E-state index contributed by atoms with van der Waals surface area (Å²) in [5, 5.41) is 14.0. The third-order valence-corrected chi connectivity index (χ3v) is 5.07. The minimum Gasteiger partial charge on any atom is -0.481 e. The van der Waals surface area contributed by atoms with E-state index in [2.05, 4.69) is 10.6 Å². The maximum Gasteiger partial charge on any atom is 0.315 e. The fourth-order valence-electron chi connectivity index (χ4n) is 2.01. The lowest BCUT2D eigenvalue weighted by molar-refractivity contribution is -0.137. The third kappa shape index (κ3) is 6.74. The average molecular weight is 306 g/mol. The van der Waals surface area contributed by atoms with Crippen LogP contribution < -0.4 is 10.6 Å². The van der Waals surface area contributed by atoms with Gasteiger partial charge >= 0.3 is 12.0 Å². The van der Waals surface area contributed by atoms with Crippen molar-refractivity contribution in [2.75, 3.05) is 18.1 Å². The number of sulfone groups is 1. The summed E-state index contributed by atoms with van der Waals surface area (Å²) in [6.45, 7) is 2.28. The summed E-state index contributed by atoms with van der Waals surface area (Å²) in [6.07, 6.45) is 1.50. The Morgan fingerprint density at radius 2 is 1.90 bits per heavy atom. The number of rotatable bonds is 6. The fraction of sp³-hybridized carbons (Fsp3) is 0.833. The number of hydrogen-bond acceptors (Lipinski definition) is 4. The lowest BCUT2D eigenvalue weighted by Gasteiger charge is -2.23. The smallest absolute Gasteiger partial charge is 0.315 e. The first kappa shape index (κ1) is 16.7. The molecule has 1 aliphatic rings. The zero-order valence-electron chi connectivity index (χ0n) is 11.6. The molecule has 0 spiro atoms. The summed E-state index contributed by atoms with van der Waals surface area (Å²) in [4.78, 5) is 22.0. The van der Waals surface area contributed by atoms with E-state index in [-0.39, 0.29) is 35.9 Å². The van der Waals surface area contributed by atoms with E-state index in [0.717, 1.165) is 0 Å². The Labute approximate surface area is 119 Å². The Morgan fingerprint density at radius 3 is 2.45 bits per heavy atom. The predicted octanol–water partition coefficient (Wildman–Crippen LogP) is 0.364. The second-order valence-corrected chi connectivity index (χ2v) is 7.62. The van der Waals surface area contributed by atoms with Gasteiger partial charge in [0, 0.05) is 19.0 Å². The highest BCUT2D eigenvalue weighted by Crippen LogP contribution is 2.12. The van der Waals surface area contributed by atoms with E-state index in [1.807, 2.05) is 6.92 Å². The van der Waals surface area contributed by atoms with Gasteiger partial charge < -0.3 is 15.7 Å². The molecule has 20 heavy (non-hydrogen) atoms. The fourth-order valence-corrected chi connectivity index (χ4v) is 3.50. The molecule has 8 heteroatoms. The lowest BCUT2D eigenvalue weighted by Crippen LogP contribution is -2.46. The molecule has 116 valence electrons. The standard InChI is InChI=1S/C12H22N2O5S/c1-9(2-3-11(15)16)8-13-12(17)14-10-4-6-20(18,19)7-5-10/h9-10H,2-8H2,1H3,(H,15,16)(H2,13,14,17). The van der Waals surface area contributed by atoms with Crippen molar-refractivity contribution >= 4 is 21.8 Å². The molecule has 2 amide bonds. The number of carboxylic acid groups (broad SMARTS) is 1. The van der Waals surface area contributed by atoms with Crippen LogP contribution in [0.4, 0.5) is 4.79 Å². The van der Waals surface area contributed by atoms with Gasteiger partial charge in [-0.25, -0.2) is 13.2 Å². The van der Waals surface area contributed by atoms with Crippen molar-refractivity contribution in [3.8, 4) is 0 Å². The van der Waals surface area contributed by atoms with Crippen molar-refractivity contribution in [1.29, 1.82) is 0 Å². The molecule has 1 fully saturated rings. The summed E-state index contributed by atoms with van der Waals surface area (Å²) in [6, 6.07) is -0.427. The zero-order valence-corrected chi connectivity index (χ0v) is 12.4. The van der Waals surface area contributed by atoms with Crippen LogP contribution in [0.2, 0.25) is 0 Å². The van der Waals surface area contributed by atoms with Gasteiger partial charge in [0.05, 0.1) is 11.5 Å². The highest BCUT2D eigenvalue weighted by molar-refractivity contribution is 7.91. The van der Waals surface area contributed by atoms with E-state index in [4.69, 9.17) is 5.11 Å². The summed E-state index contributed by atoms with van der Waals surface area (Å²) in [7, 11) is -2.92. The predicted molar refractivity (Wildman–Crippen MR) is 74.2 cm³/mol. The quantitative estimate of drug-likeness (QED) is 0.656. The number of carbonyl (C=O) groups is 2. The second kappa shape index (κ2) is 7.47. The van der Waals surface area contributed by atoms with Gasteiger partial charge in [-0.05, 0) is 25.2 Å². The number of urea groups is 1. The molecule has 1 aliphatic heterocycles. The largest absolute Gasteiger partial charge is 0.481 e. The van der Waals surface area contributed by atoms with Gasteiger partial charge in [0.1, 0.15) is 9.84 Å². The number of amides is 2. The number of carbonyl (C=O) groups excluding carboxylic acids is 1. The Hall–Kier alpha value is -1.31. The van der Waals surface area contributed by atoms with Crippen molar-refractivity contribution in [3.63, 3.8) is 0 Å². The van der Waals surface area contributed by atoms with E-state index >= 15 is 0 Å². The zero-order chi connectivity index (χ0) is 15.2. The van der Waals surface area contributed by atoms with E-state index in [9.17, 15) is 18.0 Å². The summed E-state index contributed by atoms with van der Waals surface area (Å²) in [5.74, 6) is -0.520. The summed E-state index contributed by atoms with van der Waals surface area (Å²) >= 11 is 0. The van der Waals surface area contributed by atoms with Gasteiger partial charge in [-0.3, -0.25) is 4.79 Å². The third-order valence-electron chi connectivity index (χ3n) is 3.35. The molecule has 0 aromatic heterocycles. The molecule has 0 radical (unpaired) electrons. The van der Waals surface area contributed by atoms with Crippen LogP contribution in [-0.2, 0) is 14.6 Å². The Bertz CT molecular complexity index is 435. The summed E-state index contributed by atoms with van der Waals surface area (Å²) < 4.78 is 22.5. The van der Waals surface area contributed by atoms with Crippen molar-refractivity contribution in [2.45, 2.75) is 38.6 Å². The molecule has 0 bridgehead atoms. The molecule has 1 atom stereocenters. The van der Waals surface area contributed by atoms with E-state index in [1.165, 1.54) is 0 Å². The minimum absolute atomic E-state index is 0.0867. The molecule has 3 N–H and O–H groups in total. The Kier molecular flexibility index (Phi) is 6.25. The first-order valence-corrected chi connectivity index (χ1v) is 8.57. The summed E-state index contributed by atoms with van der Waals surface area (Å²) in [5.41, 5.74) is 0. The lowest BCUT2D eigenvalue weighted by atomic mass is 10.1. The number of hydrogen-bond donors (Lipinski definition) is 3. The van der Waals surface area contributed by atoms with Gasteiger partial charge in [-0.15, -0.1) is 0 Å². The van der Waals surface area contributed by atoms with Crippen molar-refractivity contribution in [2.24, 2.45) is 5.92 Å². The van der Waals surface area contributed by atoms with Gasteiger partial charge in [-0.1, -0.05) is 6.92 Å². The Morgan fingerprint density at radius 1 is 1.30 bits per heavy atom. The van der Waals surface area contributed by atoms with Crippen LogP contribution in [0.25, 0.3) is 0 Å². The highest BCUT2D eigenvalue weighted by atomic mass is 32.2. The maximum absolute atomic E-state index is 11.6. The molecule has 1 unspecified atom stereocenters. The van der Waals surface area contributed by atoms with Crippen LogP contribution in [0.15, 0.2) is 0 Å². The van der Waals surface area contributed by atoms with Crippen LogP contribution in [0.3, 0.4) is 0 Å². The van der Waals surface area contributed by atoms with Crippen LogP contribution in [0.1, 0.15) is 32.6 Å². The highest BCUT2D eigenvalue weighted by Gasteiger charge is 2.24. The van der Waals surface area contributed by atoms with Gasteiger partial charge in [0.15, 0.2) is 0 Å². The minimum atomic E-state index is -2.92. The van der Waals surface area contributed by atoms with Gasteiger partial charge in [-0.2, -0.15) is 0 Å². The van der Waals surface area contributed by atoms with Crippen molar-refractivity contribution in [1.82, 2.24) is 10.6 Å². The average Bonchev–Trinajstić information content (AvgIpc) is 2.36. The topological polar surface area (TPSA) is 113 Å². The maximum atomic E-state index is 11.6. The molecule has 0 aliphatic carbocycles. The van der Waals surface area contributed by atoms with E-state index < -0.39 is 15.8 Å². The van der Waals surface area contributed by atoms with Crippen molar-refractivity contribution in [3.05, 3.63) is 0 Å². The normalized spacial score (nSPS) is 20.1. The molecule has 7 nitrogen and oxygen atoms in total. The molecular weight excluding hydrogens is 284 g/mol. The van der Waals surface area contributed by atoms with Gasteiger partial charge in [0.25, 0.3) is 0 Å². The molecule has 0 saturated carbocycles. The van der Waals surface area contributed by atoms with Crippen LogP contribution in [0.5, 0.6) is 0 Å². The van der Waals surface area contributed by atoms with Crippen LogP contribution in [-0.4, -0.2) is 49.6 Å². The van der Waals surface area contributed by atoms with Crippen LogP contribution in [0, 0.1) is 5.92 Å². The van der Waals surface area contributed by atoms with E-state index in [0.29, 0.717) is 25.8 Å². The SMILES string of the molecule is CC(CCC(=O)O)CNC(=O)NC1CCS(=O)(=O)CC1.